The fraction of sp³-hybridized carbons (Fsp3) is 0.314. The van der Waals surface area contributed by atoms with E-state index in [4.69, 9.17) is 23.7 Å². The molecule has 2 aromatic heterocycles. The minimum Gasteiger partial charge on any atom is -0.487 e. The smallest absolute Gasteiger partial charge is 0.420 e. The summed E-state index contributed by atoms with van der Waals surface area (Å²) in [5.41, 5.74) is -1.87. The van der Waals surface area contributed by atoms with Crippen molar-refractivity contribution in [2.45, 2.75) is 32.0 Å². The van der Waals surface area contributed by atoms with Gasteiger partial charge in [0.25, 0.3) is 11.5 Å². The Balaban J connectivity index is 1.33. The van der Waals surface area contributed by atoms with Crippen LogP contribution in [0, 0.1) is 5.82 Å². The Morgan fingerprint density at radius 2 is 1.63 bits per heavy atom. The van der Waals surface area contributed by atoms with Gasteiger partial charge in [0.2, 0.25) is 5.88 Å². The van der Waals surface area contributed by atoms with Crippen LogP contribution >= 0.6 is 0 Å². The second-order valence-corrected chi connectivity index (χ2v) is 11.4. The van der Waals surface area contributed by atoms with E-state index < -0.39 is 34.8 Å². The quantitative estimate of drug-likeness (QED) is 0.113. The first-order valence-corrected chi connectivity index (χ1v) is 15.9. The molecule has 1 N–H and O–H groups in total. The zero-order valence-corrected chi connectivity index (χ0v) is 27.6. The molecule has 1 aliphatic heterocycles. The number of hydrogen-bond donors (Lipinski definition) is 1. The van der Waals surface area contributed by atoms with Crippen LogP contribution in [0.15, 0.2) is 65.7 Å². The Morgan fingerprint density at radius 3 is 2.33 bits per heavy atom. The van der Waals surface area contributed by atoms with Crippen molar-refractivity contribution in [3.63, 3.8) is 0 Å². The lowest BCUT2D eigenvalue weighted by Crippen LogP contribution is -2.26. The van der Waals surface area contributed by atoms with E-state index in [1.165, 1.54) is 44.6 Å². The van der Waals surface area contributed by atoms with Gasteiger partial charge in [-0.3, -0.25) is 14.3 Å². The normalized spacial score (nSPS) is 12.8. The molecule has 0 atom stereocenters. The summed E-state index contributed by atoms with van der Waals surface area (Å²) in [5, 5.41) is 2.67. The number of nitrogens with zero attached hydrogens (tertiary/aromatic N) is 4. The highest BCUT2D eigenvalue weighted by Gasteiger charge is 2.36. The number of anilines is 1. The second-order valence-electron chi connectivity index (χ2n) is 11.4. The summed E-state index contributed by atoms with van der Waals surface area (Å²) in [6, 6.07) is 11.7. The van der Waals surface area contributed by atoms with Gasteiger partial charge in [-0.15, -0.1) is 0 Å². The van der Waals surface area contributed by atoms with Gasteiger partial charge in [-0.05, 0) is 55.7 Å². The van der Waals surface area contributed by atoms with Gasteiger partial charge >= 0.3 is 6.18 Å². The second kappa shape index (κ2) is 15.2. The van der Waals surface area contributed by atoms with E-state index in [0.29, 0.717) is 55.4 Å². The molecule has 0 spiro atoms. The van der Waals surface area contributed by atoms with Gasteiger partial charge in [0.05, 0.1) is 29.8 Å². The first-order valence-electron chi connectivity index (χ1n) is 15.9. The third-order valence-corrected chi connectivity index (χ3v) is 8.09. The molecule has 3 heterocycles. The summed E-state index contributed by atoms with van der Waals surface area (Å²) in [5.74, 6) is -1.81. The molecule has 0 fully saturated rings. The maximum Gasteiger partial charge on any atom is 0.420 e. The number of methoxy groups -OCH3 is 2. The first-order chi connectivity index (χ1) is 24.6. The van der Waals surface area contributed by atoms with Crippen molar-refractivity contribution in [3.05, 3.63) is 93.9 Å². The number of para-hydroxylation sites is 1. The van der Waals surface area contributed by atoms with Crippen molar-refractivity contribution in [1.29, 1.82) is 0 Å². The molecular weight excluding hydrogens is 678 g/mol. The summed E-state index contributed by atoms with van der Waals surface area (Å²) in [4.78, 5) is 35.5. The molecule has 0 radical (unpaired) electrons. The Hall–Kier alpha value is -5.48. The molecule has 16 heteroatoms. The Kier molecular flexibility index (Phi) is 10.5. The number of hydrogen-bond acceptors (Lipinski definition) is 9. The van der Waals surface area contributed by atoms with Crippen LogP contribution in [0.25, 0.3) is 16.6 Å². The van der Waals surface area contributed by atoms with Gasteiger partial charge < -0.3 is 29.0 Å². The molecule has 0 saturated carbocycles. The lowest BCUT2D eigenvalue weighted by Gasteiger charge is -2.19. The van der Waals surface area contributed by atoms with Crippen molar-refractivity contribution in [2.75, 3.05) is 46.0 Å². The van der Waals surface area contributed by atoms with E-state index in [1.54, 1.807) is 16.8 Å². The van der Waals surface area contributed by atoms with Gasteiger partial charge in [0.1, 0.15) is 47.9 Å². The molecule has 1 aliphatic rings. The van der Waals surface area contributed by atoms with Crippen LogP contribution in [0.1, 0.15) is 34.5 Å². The third kappa shape index (κ3) is 7.51. The minimum absolute atomic E-state index is 0.0358. The molecule has 268 valence electrons. The molecule has 0 aliphatic carbocycles. The molecule has 6 rings (SSSR count). The average molecular weight is 712 g/mol. The molecule has 12 nitrogen and oxygen atoms in total. The van der Waals surface area contributed by atoms with Crippen molar-refractivity contribution >= 4 is 22.5 Å². The van der Waals surface area contributed by atoms with Gasteiger partial charge in [-0.2, -0.15) is 13.2 Å². The van der Waals surface area contributed by atoms with Crippen molar-refractivity contribution in [1.82, 2.24) is 19.3 Å². The van der Waals surface area contributed by atoms with Crippen LogP contribution in [0.4, 0.5) is 23.2 Å². The van der Waals surface area contributed by atoms with Crippen molar-refractivity contribution < 1.29 is 46.0 Å². The predicted molar refractivity (Wildman–Crippen MR) is 177 cm³/mol. The molecule has 3 aromatic carbocycles. The molecule has 0 unspecified atom stereocenters. The fourth-order valence-corrected chi connectivity index (χ4v) is 5.76. The highest BCUT2D eigenvalue weighted by molar-refractivity contribution is 6.05. The SMILES string of the molecule is COCCOc1cc2ncnc(Oc3ccc(NC(=O)c4c5n(n(-c6ccccc6F)c4=O)CCCC5)cc3C(F)(F)F)c2cc1OCCOC. The van der Waals surface area contributed by atoms with Gasteiger partial charge in [-0.1, -0.05) is 12.1 Å². The Bertz CT molecular complexity index is 2120. The maximum absolute atomic E-state index is 14.8. The van der Waals surface area contributed by atoms with E-state index in [0.717, 1.165) is 17.1 Å². The number of rotatable bonds is 13. The standard InChI is InChI=1S/C35H33F4N5O7/c1-47-13-15-49-29-18-22-25(19-30(29)50-16-14-48-2)40-20-41-33(22)51-28-11-10-21(17-23(28)35(37,38)39)42-32(45)31-27-9-5-6-12-43(27)44(34(31)46)26-8-4-3-7-24(26)36/h3-4,7-8,10-11,17-20H,5-6,9,12-16H2,1-2H3,(H,42,45). The summed E-state index contributed by atoms with van der Waals surface area (Å²) in [7, 11) is 3.03. The Labute approximate surface area is 288 Å². The van der Waals surface area contributed by atoms with E-state index in [-0.39, 0.29) is 53.8 Å². The number of halogens is 4. The van der Waals surface area contributed by atoms with Gasteiger partial charge in [0.15, 0.2) is 11.5 Å². The number of nitrogens with one attached hydrogen (secondary N) is 1. The van der Waals surface area contributed by atoms with Crippen molar-refractivity contribution in [3.8, 4) is 28.8 Å². The highest BCUT2D eigenvalue weighted by Crippen LogP contribution is 2.42. The van der Waals surface area contributed by atoms with E-state index in [1.807, 2.05) is 0 Å². The number of benzene rings is 3. The first kappa shape index (κ1) is 35.3. The van der Waals surface area contributed by atoms with Crippen LogP contribution in [0.2, 0.25) is 0 Å². The lowest BCUT2D eigenvalue weighted by atomic mass is 10.1. The molecule has 0 saturated heterocycles. The van der Waals surface area contributed by atoms with Crippen LogP contribution in [0.5, 0.6) is 23.1 Å². The minimum atomic E-state index is -4.93. The summed E-state index contributed by atoms with van der Waals surface area (Å²) >= 11 is 0. The van der Waals surface area contributed by atoms with Crippen molar-refractivity contribution in [2.24, 2.45) is 0 Å². The highest BCUT2D eigenvalue weighted by atomic mass is 19.4. The fourth-order valence-electron chi connectivity index (χ4n) is 5.76. The Morgan fingerprint density at radius 1 is 0.902 bits per heavy atom. The summed E-state index contributed by atoms with van der Waals surface area (Å²) in [6.07, 6.45) is -2.07. The molecule has 51 heavy (non-hydrogen) atoms. The molecular formula is C35H33F4N5O7. The molecule has 1 amide bonds. The number of fused-ring (bicyclic) bond motifs is 2. The third-order valence-electron chi connectivity index (χ3n) is 8.09. The zero-order chi connectivity index (χ0) is 36.1. The monoisotopic (exact) mass is 711 g/mol. The predicted octanol–water partition coefficient (Wildman–Crippen LogP) is 6.17. The van der Waals surface area contributed by atoms with Gasteiger partial charge in [0, 0.05) is 32.5 Å². The number of carbonyl (C=O) groups excluding carboxylic acids is 1. The average Bonchev–Trinajstić information content (AvgIpc) is 3.40. The molecule has 0 bridgehead atoms. The van der Waals surface area contributed by atoms with E-state index in [2.05, 4.69) is 15.3 Å². The maximum atomic E-state index is 14.8. The number of ether oxygens (including phenoxy) is 5. The summed E-state index contributed by atoms with van der Waals surface area (Å²) in [6.45, 7) is 1.27. The van der Waals surface area contributed by atoms with E-state index in [9.17, 15) is 27.2 Å². The molecule has 5 aromatic rings. The van der Waals surface area contributed by atoms with Crippen LogP contribution in [0.3, 0.4) is 0 Å². The number of carbonyl (C=O) groups is 1. The number of alkyl halides is 3. The largest absolute Gasteiger partial charge is 0.487 e. The topological polar surface area (TPSA) is 128 Å². The van der Waals surface area contributed by atoms with Crippen LogP contribution in [-0.2, 0) is 28.6 Å². The number of amides is 1. The van der Waals surface area contributed by atoms with Crippen LogP contribution in [-0.4, -0.2) is 65.9 Å². The lowest BCUT2D eigenvalue weighted by molar-refractivity contribution is -0.138. The number of aromatic nitrogens is 4. The summed E-state index contributed by atoms with van der Waals surface area (Å²) < 4.78 is 88.3. The van der Waals surface area contributed by atoms with Crippen LogP contribution < -0.4 is 25.1 Å². The van der Waals surface area contributed by atoms with Gasteiger partial charge in [-0.25, -0.2) is 19.0 Å². The van der Waals surface area contributed by atoms with E-state index >= 15 is 0 Å². The zero-order valence-electron chi connectivity index (χ0n) is 27.6.